The Morgan fingerprint density at radius 1 is 1.07 bits per heavy atom. The summed E-state index contributed by atoms with van der Waals surface area (Å²) in [5, 5.41) is 3.34. The van der Waals surface area contributed by atoms with Crippen LogP contribution >= 0.6 is 34.5 Å². The highest BCUT2D eigenvalue weighted by atomic mass is 35.5. The van der Waals surface area contributed by atoms with Crippen molar-refractivity contribution >= 4 is 49.5 Å². The van der Waals surface area contributed by atoms with Crippen molar-refractivity contribution < 1.29 is 12.8 Å². The number of aromatic nitrogens is 1. The lowest BCUT2D eigenvalue weighted by Gasteiger charge is -2.31. The zero-order valence-electron chi connectivity index (χ0n) is 15.2. The Labute approximate surface area is 182 Å². The van der Waals surface area contributed by atoms with E-state index in [9.17, 15) is 12.8 Å². The minimum Gasteiger partial charge on any atom is -0.348 e. The van der Waals surface area contributed by atoms with Crippen LogP contribution in [-0.2, 0) is 9.84 Å². The molecule has 1 aromatic heterocycles. The molecule has 0 aliphatic carbocycles. The SMILES string of the molecule is O=S(=O)(c1cccc(F)c1)C1CCN(c2nc(-c3cc(Cl)cc(Cl)c3)cs2)CC1. The van der Waals surface area contributed by atoms with Crippen LogP contribution in [0.25, 0.3) is 11.3 Å². The number of hydrogen-bond donors (Lipinski definition) is 0. The third-order valence-corrected chi connectivity index (χ3v) is 8.52. The molecule has 29 heavy (non-hydrogen) atoms. The molecule has 0 amide bonds. The fourth-order valence-corrected chi connectivity index (χ4v) is 6.61. The van der Waals surface area contributed by atoms with Crippen LogP contribution in [0.5, 0.6) is 0 Å². The Balaban J connectivity index is 1.47. The van der Waals surface area contributed by atoms with Gasteiger partial charge >= 0.3 is 0 Å². The topological polar surface area (TPSA) is 50.3 Å². The van der Waals surface area contributed by atoms with Gasteiger partial charge in [0.1, 0.15) is 5.82 Å². The lowest BCUT2D eigenvalue weighted by Crippen LogP contribution is -2.39. The molecule has 1 aliphatic rings. The highest BCUT2D eigenvalue weighted by molar-refractivity contribution is 7.92. The van der Waals surface area contributed by atoms with Gasteiger partial charge in [0, 0.05) is 34.1 Å². The molecule has 1 fully saturated rings. The molecular formula is C20H17Cl2FN2O2S2. The largest absolute Gasteiger partial charge is 0.348 e. The monoisotopic (exact) mass is 470 g/mol. The summed E-state index contributed by atoms with van der Waals surface area (Å²) in [6.45, 7) is 1.14. The molecule has 0 saturated carbocycles. The zero-order valence-corrected chi connectivity index (χ0v) is 18.3. The van der Waals surface area contributed by atoms with Crippen LogP contribution in [-0.4, -0.2) is 31.7 Å². The molecule has 1 saturated heterocycles. The third-order valence-electron chi connectivity index (χ3n) is 4.93. The molecule has 3 aromatic rings. The Morgan fingerprint density at radius 2 is 1.76 bits per heavy atom. The first kappa shape index (κ1) is 20.6. The minimum absolute atomic E-state index is 0.0466. The number of sulfone groups is 1. The summed E-state index contributed by atoms with van der Waals surface area (Å²) in [6, 6.07) is 10.5. The smallest absolute Gasteiger partial charge is 0.185 e. The molecule has 2 aromatic carbocycles. The number of benzene rings is 2. The van der Waals surface area contributed by atoms with E-state index < -0.39 is 20.9 Å². The zero-order chi connectivity index (χ0) is 20.6. The quantitative estimate of drug-likeness (QED) is 0.490. The second-order valence-electron chi connectivity index (χ2n) is 6.86. The molecule has 0 N–H and O–H groups in total. The summed E-state index contributed by atoms with van der Waals surface area (Å²) in [4.78, 5) is 6.80. The second-order valence-corrected chi connectivity index (χ2v) is 10.8. The van der Waals surface area contributed by atoms with Crippen molar-refractivity contribution in [1.82, 2.24) is 4.98 Å². The third kappa shape index (κ3) is 4.43. The van der Waals surface area contributed by atoms with Gasteiger partial charge in [0.25, 0.3) is 0 Å². The Bertz CT molecular complexity index is 1120. The average Bonchev–Trinajstić information content (AvgIpc) is 3.18. The Morgan fingerprint density at radius 3 is 2.41 bits per heavy atom. The van der Waals surface area contributed by atoms with Crippen LogP contribution in [0.2, 0.25) is 10.0 Å². The fourth-order valence-electron chi connectivity index (χ4n) is 3.44. The number of thiazole rings is 1. The number of halogens is 3. The van der Waals surface area contributed by atoms with Crippen molar-refractivity contribution in [1.29, 1.82) is 0 Å². The maximum Gasteiger partial charge on any atom is 0.185 e. The van der Waals surface area contributed by atoms with E-state index in [1.165, 1.54) is 29.5 Å². The first-order chi connectivity index (χ1) is 13.8. The first-order valence-corrected chi connectivity index (χ1v) is 12.2. The molecular weight excluding hydrogens is 454 g/mol. The lowest BCUT2D eigenvalue weighted by atomic mass is 10.1. The number of anilines is 1. The van der Waals surface area contributed by atoms with Crippen molar-refractivity contribution in [3.8, 4) is 11.3 Å². The van der Waals surface area contributed by atoms with E-state index in [-0.39, 0.29) is 4.90 Å². The highest BCUT2D eigenvalue weighted by Gasteiger charge is 2.32. The van der Waals surface area contributed by atoms with Crippen LogP contribution in [0.3, 0.4) is 0 Å². The highest BCUT2D eigenvalue weighted by Crippen LogP contribution is 2.33. The van der Waals surface area contributed by atoms with Crippen LogP contribution < -0.4 is 4.90 Å². The van der Waals surface area contributed by atoms with Gasteiger partial charge in [0.05, 0.1) is 15.8 Å². The van der Waals surface area contributed by atoms with Gasteiger partial charge in [-0.25, -0.2) is 17.8 Å². The number of piperidine rings is 1. The predicted molar refractivity (Wildman–Crippen MR) is 116 cm³/mol. The molecule has 4 rings (SSSR count). The van der Waals surface area contributed by atoms with E-state index in [1.807, 2.05) is 17.5 Å². The number of nitrogens with zero attached hydrogens (tertiary/aromatic N) is 2. The van der Waals surface area contributed by atoms with Gasteiger partial charge in [0.2, 0.25) is 0 Å². The molecule has 0 unspecified atom stereocenters. The standard InChI is InChI=1S/C20H17Cl2FN2O2S2/c21-14-8-13(9-15(22)10-14)19-12-28-20(24-19)25-6-4-17(5-7-25)29(26,27)18-3-1-2-16(23)11-18/h1-3,8-12,17H,4-7H2. The normalized spacial score (nSPS) is 15.6. The molecule has 1 aliphatic heterocycles. The van der Waals surface area contributed by atoms with Crippen LogP contribution in [0, 0.1) is 5.82 Å². The van der Waals surface area contributed by atoms with Gasteiger partial charge in [-0.3, -0.25) is 0 Å². The molecule has 0 radical (unpaired) electrons. The second kappa shape index (κ2) is 8.22. The van der Waals surface area contributed by atoms with E-state index in [4.69, 9.17) is 23.2 Å². The van der Waals surface area contributed by atoms with E-state index in [1.54, 1.807) is 6.07 Å². The lowest BCUT2D eigenvalue weighted by molar-refractivity contribution is 0.528. The first-order valence-electron chi connectivity index (χ1n) is 8.99. The van der Waals surface area contributed by atoms with Gasteiger partial charge < -0.3 is 4.90 Å². The van der Waals surface area contributed by atoms with Gasteiger partial charge in [-0.2, -0.15) is 0 Å². The van der Waals surface area contributed by atoms with Crippen molar-refractivity contribution in [3.05, 3.63) is 63.7 Å². The summed E-state index contributed by atoms with van der Waals surface area (Å²) in [6.07, 6.45) is 0.938. The maximum absolute atomic E-state index is 13.4. The van der Waals surface area contributed by atoms with Crippen molar-refractivity contribution in [2.45, 2.75) is 23.0 Å². The maximum atomic E-state index is 13.4. The van der Waals surface area contributed by atoms with Gasteiger partial charge in [0.15, 0.2) is 15.0 Å². The van der Waals surface area contributed by atoms with Crippen LogP contribution in [0.15, 0.2) is 52.7 Å². The van der Waals surface area contributed by atoms with Crippen LogP contribution in [0.1, 0.15) is 12.8 Å². The van der Waals surface area contributed by atoms with E-state index in [0.29, 0.717) is 36.0 Å². The summed E-state index contributed by atoms with van der Waals surface area (Å²) in [5.74, 6) is -0.542. The van der Waals surface area contributed by atoms with Crippen molar-refractivity contribution in [2.75, 3.05) is 18.0 Å². The van der Waals surface area contributed by atoms with Crippen molar-refractivity contribution in [3.63, 3.8) is 0 Å². The Kier molecular flexibility index (Phi) is 5.84. The fraction of sp³-hybridized carbons (Fsp3) is 0.250. The summed E-state index contributed by atoms with van der Waals surface area (Å²) < 4.78 is 39.1. The molecule has 4 nitrogen and oxygen atoms in total. The molecule has 0 bridgehead atoms. The average molecular weight is 471 g/mol. The van der Waals surface area contributed by atoms with E-state index in [2.05, 4.69) is 9.88 Å². The summed E-state index contributed by atoms with van der Waals surface area (Å²) in [5.41, 5.74) is 1.62. The number of rotatable bonds is 4. The van der Waals surface area contributed by atoms with Crippen molar-refractivity contribution in [2.24, 2.45) is 0 Å². The van der Waals surface area contributed by atoms with E-state index in [0.717, 1.165) is 22.5 Å². The molecule has 2 heterocycles. The molecule has 9 heteroatoms. The predicted octanol–water partition coefficient (Wildman–Crippen LogP) is 5.70. The minimum atomic E-state index is -3.55. The van der Waals surface area contributed by atoms with Gasteiger partial charge in [-0.05, 0) is 49.2 Å². The van der Waals surface area contributed by atoms with Gasteiger partial charge in [-0.1, -0.05) is 29.3 Å². The Hall–Kier alpha value is -1.67. The summed E-state index contributed by atoms with van der Waals surface area (Å²) in [7, 11) is -3.55. The molecule has 0 atom stereocenters. The van der Waals surface area contributed by atoms with E-state index >= 15 is 0 Å². The summed E-state index contributed by atoms with van der Waals surface area (Å²) >= 11 is 13.6. The van der Waals surface area contributed by atoms with Crippen LogP contribution in [0.4, 0.5) is 9.52 Å². The number of hydrogen-bond acceptors (Lipinski definition) is 5. The molecule has 0 spiro atoms. The van der Waals surface area contributed by atoms with Gasteiger partial charge in [-0.15, -0.1) is 11.3 Å². The molecule has 152 valence electrons.